The molecule has 0 aliphatic carbocycles. The maximum Gasteiger partial charge on any atom is 0.185 e. The van der Waals surface area contributed by atoms with Gasteiger partial charge < -0.3 is 4.57 Å². The van der Waals surface area contributed by atoms with Gasteiger partial charge in [0.1, 0.15) is 12.2 Å². The van der Waals surface area contributed by atoms with Crippen molar-refractivity contribution < 1.29 is 4.79 Å². The molecule has 0 amide bonds. The molecule has 0 unspecified atom stereocenters. The molecule has 0 saturated carbocycles. The number of aromatic nitrogens is 5. The van der Waals surface area contributed by atoms with Crippen LogP contribution in [-0.2, 0) is 13.1 Å². The first kappa shape index (κ1) is 11.5. The van der Waals surface area contributed by atoms with E-state index in [4.69, 9.17) is 0 Å². The monoisotopic (exact) mass is 233 g/mol. The molecule has 17 heavy (non-hydrogen) atoms. The zero-order chi connectivity index (χ0) is 12.3. The van der Waals surface area contributed by atoms with E-state index in [0.717, 1.165) is 18.7 Å². The number of nitrogens with zero attached hydrogens (tertiary/aromatic N) is 5. The molecule has 2 aromatic rings. The molecule has 2 heterocycles. The third kappa shape index (κ3) is 2.58. The second kappa shape index (κ2) is 4.90. The van der Waals surface area contributed by atoms with Gasteiger partial charge in [0.2, 0.25) is 0 Å². The largest absolute Gasteiger partial charge is 0.321 e. The van der Waals surface area contributed by atoms with Crippen molar-refractivity contribution in [1.29, 1.82) is 0 Å². The van der Waals surface area contributed by atoms with Crippen molar-refractivity contribution in [3.8, 4) is 0 Å². The lowest BCUT2D eigenvalue weighted by molar-refractivity contribution is 0.111. The summed E-state index contributed by atoms with van der Waals surface area (Å²) in [4.78, 5) is 18.9. The van der Waals surface area contributed by atoms with E-state index in [1.807, 2.05) is 4.68 Å². The molecule has 0 fully saturated rings. The van der Waals surface area contributed by atoms with Crippen LogP contribution in [0.4, 0.5) is 0 Å². The smallest absolute Gasteiger partial charge is 0.185 e. The molecule has 6 heteroatoms. The van der Waals surface area contributed by atoms with Gasteiger partial charge in [0.25, 0.3) is 0 Å². The Bertz CT molecular complexity index is 499. The molecular formula is C11H15N5O. The number of aldehydes is 1. The fourth-order valence-electron chi connectivity index (χ4n) is 1.63. The molecule has 90 valence electrons. The topological polar surface area (TPSA) is 65.6 Å². The van der Waals surface area contributed by atoms with Gasteiger partial charge >= 0.3 is 0 Å². The van der Waals surface area contributed by atoms with Crippen LogP contribution in [0, 0.1) is 5.92 Å². The van der Waals surface area contributed by atoms with Gasteiger partial charge in [0.05, 0.1) is 6.54 Å². The summed E-state index contributed by atoms with van der Waals surface area (Å²) in [5, 5.41) is 4.18. The summed E-state index contributed by atoms with van der Waals surface area (Å²) in [6.07, 6.45) is 5.64. The van der Waals surface area contributed by atoms with E-state index in [0.29, 0.717) is 18.3 Å². The van der Waals surface area contributed by atoms with E-state index in [9.17, 15) is 4.79 Å². The van der Waals surface area contributed by atoms with Crippen molar-refractivity contribution in [2.24, 2.45) is 5.92 Å². The van der Waals surface area contributed by atoms with Crippen LogP contribution in [-0.4, -0.2) is 30.6 Å². The Morgan fingerprint density at radius 2 is 2.24 bits per heavy atom. The zero-order valence-corrected chi connectivity index (χ0v) is 9.95. The van der Waals surface area contributed by atoms with Gasteiger partial charge in [-0.15, -0.1) is 0 Å². The van der Waals surface area contributed by atoms with Crippen LogP contribution in [0.5, 0.6) is 0 Å². The Kier molecular flexibility index (Phi) is 3.32. The lowest BCUT2D eigenvalue weighted by Crippen LogP contribution is -2.14. The van der Waals surface area contributed by atoms with Gasteiger partial charge in [-0.25, -0.2) is 14.6 Å². The van der Waals surface area contributed by atoms with Crippen LogP contribution in [0.25, 0.3) is 0 Å². The molecule has 0 radical (unpaired) electrons. The van der Waals surface area contributed by atoms with E-state index in [-0.39, 0.29) is 0 Å². The van der Waals surface area contributed by atoms with E-state index in [1.54, 1.807) is 17.0 Å². The van der Waals surface area contributed by atoms with Gasteiger partial charge in [-0.1, -0.05) is 13.8 Å². The fraction of sp³-hybridized carbons (Fsp3) is 0.455. The number of carbonyl (C=O) groups is 1. The molecule has 2 aromatic heterocycles. The molecule has 0 atom stereocenters. The van der Waals surface area contributed by atoms with Crippen molar-refractivity contribution in [3.05, 3.63) is 30.4 Å². The quantitative estimate of drug-likeness (QED) is 0.722. The average Bonchev–Trinajstić information content (AvgIpc) is 2.88. The standard InChI is InChI=1S/C11H15N5O/c1-9(2)5-16-10(13-8-14-16)6-15-4-3-12-11(15)7-17/h3-4,7-9H,5-6H2,1-2H3. The fourth-order valence-corrected chi connectivity index (χ4v) is 1.63. The van der Waals surface area contributed by atoms with E-state index in [2.05, 4.69) is 28.9 Å². The summed E-state index contributed by atoms with van der Waals surface area (Å²) in [7, 11) is 0. The second-order valence-electron chi connectivity index (χ2n) is 4.28. The highest BCUT2D eigenvalue weighted by molar-refractivity contribution is 5.69. The first-order chi connectivity index (χ1) is 8.20. The Labute approximate surface area is 99.3 Å². The number of imidazole rings is 1. The molecule has 0 aromatic carbocycles. The number of rotatable bonds is 5. The molecule has 0 aliphatic rings. The molecule has 0 spiro atoms. The van der Waals surface area contributed by atoms with Crippen LogP contribution >= 0.6 is 0 Å². The summed E-state index contributed by atoms with van der Waals surface area (Å²) < 4.78 is 3.62. The number of hydrogen-bond acceptors (Lipinski definition) is 4. The van der Waals surface area contributed by atoms with Crippen LogP contribution in [0.2, 0.25) is 0 Å². The van der Waals surface area contributed by atoms with Crippen LogP contribution in [0.1, 0.15) is 30.3 Å². The Morgan fingerprint density at radius 1 is 1.41 bits per heavy atom. The summed E-state index contributed by atoms with van der Waals surface area (Å²) in [6, 6.07) is 0. The molecule has 0 bridgehead atoms. The highest BCUT2D eigenvalue weighted by atomic mass is 16.1. The van der Waals surface area contributed by atoms with Gasteiger partial charge in [-0.3, -0.25) is 4.79 Å². The van der Waals surface area contributed by atoms with E-state index >= 15 is 0 Å². The Morgan fingerprint density at radius 3 is 2.94 bits per heavy atom. The van der Waals surface area contributed by atoms with Crippen LogP contribution < -0.4 is 0 Å². The number of hydrogen-bond donors (Lipinski definition) is 0. The predicted molar refractivity (Wildman–Crippen MR) is 61.6 cm³/mol. The third-order valence-corrected chi connectivity index (χ3v) is 2.40. The van der Waals surface area contributed by atoms with Crippen molar-refractivity contribution in [2.75, 3.05) is 0 Å². The minimum absolute atomic E-state index is 0.407. The second-order valence-corrected chi connectivity index (χ2v) is 4.28. The molecule has 0 N–H and O–H groups in total. The number of carbonyl (C=O) groups excluding carboxylic acids is 1. The summed E-state index contributed by atoms with van der Waals surface area (Å²) >= 11 is 0. The first-order valence-electron chi connectivity index (χ1n) is 5.53. The highest BCUT2D eigenvalue weighted by Gasteiger charge is 2.09. The summed E-state index contributed by atoms with van der Waals surface area (Å²) in [5.41, 5.74) is 0. The average molecular weight is 233 g/mol. The van der Waals surface area contributed by atoms with Gasteiger partial charge in [-0.2, -0.15) is 5.10 Å². The molecule has 0 saturated heterocycles. The van der Waals surface area contributed by atoms with Crippen molar-refractivity contribution >= 4 is 6.29 Å². The lowest BCUT2D eigenvalue weighted by atomic mass is 10.2. The third-order valence-electron chi connectivity index (χ3n) is 2.40. The van der Waals surface area contributed by atoms with Crippen LogP contribution in [0.3, 0.4) is 0 Å². The maximum absolute atomic E-state index is 10.8. The van der Waals surface area contributed by atoms with Gasteiger partial charge in [-0.05, 0) is 5.92 Å². The van der Waals surface area contributed by atoms with E-state index < -0.39 is 0 Å². The Hall–Kier alpha value is -1.98. The van der Waals surface area contributed by atoms with Crippen LogP contribution in [0.15, 0.2) is 18.7 Å². The predicted octanol–water partition coefficient (Wildman–Crippen LogP) is 0.991. The normalized spacial score (nSPS) is 11.0. The molecule has 2 rings (SSSR count). The van der Waals surface area contributed by atoms with Gasteiger partial charge in [0.15, 0.2) is 12.1 Å². The molecule has 6 nitrogen and oxygen atoms in total. The minimum Gasteiger partial charge on any atom is -0.321 e. The summed E-state index contributed by atoms with van der Waals surface area (Å²) in [5.74, 6) is 1.74. The minimum atomic E-state index is 0.407. The van der Waals surface area contributed by atoms with Gasteiger partial charge in [0, 0.05) is 18.9 Å². The zero-order valence-electron chi connectivity index (χ0n) is 9.95. The summed E-state index contributed by atoms with van der Waals surface area (Å²) in [6.45, 7) is 5.58. The maximum atomic E-state index is 10.8. The lowest BCUT2D eigenvalue weighted by Gasteiger charge is -2.09. The highest BCUT2D eigenvalue weighted by Crippen LogP contribution is 2.04. The van der Waals surface area contributed by atoms with Crippen molar-refractivity contribution in [3.63, 3.8) is 0 Å². The SMILES string of the molecule is CC(C)Cn1ncnc1Cn1ccnc1C=O. The van der Waals surface area contributed by atoms with E-state index in [1.165, 1.54) is 6.33 Å². The molecule has 0 aliphatic heterocycles. The van der Waals surface area contributed by atoms with Crippen molar-refractivity contribution in [2.45, 2.75) is 26.9 Å². The Balaban J connectivity index is 2.18. The first-order valence-corrected chi connectivity index (χ1v) is 5.53. The molecular weight excluding hydrogens is 218 g/mol. The van der Waals surface area contributed by atoms with Crippen molar-refractivity contribution in [1.82, 2.24) is 24.3 Å².